The Morgan fingerprint density at radius 1 is 1.16 bits per heavy atom. The molecular weight excluding hydrogens is 344 g/mol. The smallest absolute Gasteiger partial charge is 0.298 e. The van der Waals surface area contributed by atoms with Crippen LogP contribution in [-0.4, -0.2) is 23.2 Å². The van der Waals surface area contributed by atoms with Gasteiger partial charge >= 0.3 is 0 Å². The second-order valence-electron chi connectivity index (χ2n) is 5.07. The van der Waals surface area contributed by atoms with Crippen molar-refractivity contribution in [3.8, 4) is 5.75 Å². The summed E-state index contributed by atoms with van der Waals surface area (Å²) in [5, 5.41) is 10.4. The van der Waals surface area contributed by atoms with Crippen LogP contribution < -0.4 is 9.64 Å². The molecule has 0 N–H and O–H groups in total. The van der Waals surface area contributed by atoms with E-state index in [-0.39, 0.29) is 10.6 Å². The van der Waals surface area contributed by atoms with Crippen LogP contribution >= 0.6 is 11.8 Å². The summed E-state index contributed by atoms with van der Waals surface area (Å²) in [5.41, 5.74) is 0.801. The number of rotatable bonds is 4. The van der Waals surface area contributed by atoms with Crippen molar-refractivity contribution in [3.63, 3.8) is 0 Å². The lowest BCUT2D eigenvalue weighted by Gasteiger charge is -2.13. The van der Waals surface area contributed by atoms with E-state index in [1.165, 1.54) is 31.4 Å². The Morgan fingerprint density at radius 2 is 1.92 bits per heavy atom. The number of nitro groups is 1. The molecule has 1 aliphatic heterocycles. The predicted octanol–water partition coefficient (Wildman–Crippen LogP) is 3.84. The van der Waals surface area contributed by atoms with E-state index < -0.39 is 16.1 Å². The Balaban J connectivity index is 1.93. The molecule has 7 nitrogen and oxygen atoms in total. The summed E-state index contributed by atoms with van der Waals surface area (Å²) in [5.74, 6) is 0.0500. The van der Waals surface area contributed by atoms with E-state index >= 15 is 0 Å². The Morgan fingerprint density at radius 3 is 2.64 bits per heavy atom. The molecule has 0 bridgehead atoms. The highest BCUT2D eigenvalue weighted by atomic mass is 32.2. The van der Waals surface area contributed by atoms with Crippen molar-refractivity contribution in [2.24, 2.45) is 0 Å². The topological polar surface area (TPSA) is 89.8 Å². The third-order valence-electron chi connectivity index (χ3n) is 3.48. The number of thioether (sulfide) groups is 1. The van der Waals surface area contributed by atoms with Crippen molar-refractivity contribution >= 4 is 40.4 Å². The van der Waals surface area contributed by atoms with Crippen LogP contribution in [0.25, 0.3) is 6.08 Å². The zero-order valence-electron chi connectivity index (χ0n) is 13.0. The number of methoxy groups -OCH3 is 1. The molecule has 8 heteroatoms. The molecule has 2 aromatic carbocycles. The number of nitro benzene ring substituents is 1. The first kappa shape index (κ1) is 16.7. The van der Waals surface area contributed by atoms with Gasteiger partial charge in [0.25, 0.3) is 16.8 Å². The van der Waals surface area contributed by atoms with Gasteiger partial charge in [0.2, 0.25) is 0 Å². The highest BCUT2D eigenvalue weighted by molar-refractivity contribution is 8.19. The molecule has 0 spiro atoms. The maximum absolute atomic E-state index is 12.6. The van der Waals surface area contributed by atoms with E-state index in [1.54, 1.807) is 30.3 Å². The molecule has 0 saturated carbocycles. The van der Waals surface area contributed by atoms with Crippen molar-refractivity contribution in [1.29, 1.82) is 0 Å². The van der Waals surface area contributed by atoms with Crippen LogP contribution in [0.15, 0.2) is 53.4 Å². The van der Waals surface area contributed by atoms with Gasteiger partial charge in [-0.25, -0.2) is 4.90 Å². The van der Waals surface area contributed by atoms with Gasteiger partial charge in [-0.2, -0.15) is 0 Å². The molecule has 3 rings (SSSR count). The first-order chi connectivity index (χ1) is 12.0. The molecule has 1 fully saturated rings. The van der Waals surface area contributed by atoms with Crippen molar-refractivity contribution < 1.29 is 19.2 Å². The highest BCUT2D eigenvalue weighted by Gasteiger charge is 2.36. The van der Waals surface area contributed by atoms with Gasteiger partial charge in [0.15, 0.2) is 0 Å². The number of anilines is 1. The third kappa shape index (κ3) is 3.38. The number of nitrogens with zero attached hydrogens (tertiary/aromatic N) is 2. The predicted molar refractivity (Wildman–Crippen MR) is 94.5 cm³/mol. The second-order valence-corrected chi connectivity index (χ2v) is 6.06. The maximum atomic E-state index is 12.6. The molecular formula is C17H12N2O5S. The van der Waals surface area contributed by atoms with E-state index in [0.29, 0.717) is 17.0 Å². The highest BCUT2D eigenvalue weighted by Crippen LogP contribution is 2.36. The Hall–Kier alpha value is -3.13. The van der Waals surface area contributed by atoms with E-state index in [0.717, 1.165) is 16.7 Å². The van der Waals surface area contributed by atoms with E-state index in [9.17, 15) is 19.7 Å². The number of ether oxygens (including phenoxy) is 1. The molecule has 25 heavy (non-hydrogen) atoms. The fraction of sp³-hybridized carbons (Fsp3) is 0.0588. The number of hydrogen-bond acceptors (Lipinski definition) is 6. The van der Waals surface area contributed by atoms with Gasteiger partial charge in [-0.15, -0.1) is 0 Å². The molecule has 1 aliphatic rings. The number of carbonyl (C=O) groups is 2. The lowest BCUT2D eigenvalue weighted by Crippen LogP contribution is -2.27. The molecule has 2 amide bonds. The molecule has 0 aromatic heterocycles. The van der Waals surface area contributed by atoms with Gasteiger partial charge < -0.3 is 4.74 Å². The first-order valence-electron chi connectivity index (χ1n) is 7.16. The summed E-state index contributed by atoms with van der Waals surface area (Å²) in [4.78, 5) is 36.4. The quantitative estimate of drug-likeness (QED) is 0.470. The number of imide groups is 1. The standard InChI is InChI=1S/C17H12N2O5S/c1-24-14-7-3-5-12(10-14)18-16(20)15(25-17(18)21)9-11-4-2-6-13(8-11)19(22)23/h2-10H,1H3/b15-9-. The van der Waals surface area contributed by atoms with Gasteiger partial charge in [-0.1, -0.05) is 18.2 Å². The average molecular weight is 356 g/mol. The van der Waals surface area contributed by atoms with Crippen LogP contribution in [0.1, 0.15) is 5.56 Å². The summed E-state index contributed by atoms with van der Waals surface area (Å²) >= 11 is 0.787. The molecule has 0 aliphatic carbocycles. The van der Waals surface area contributed by atoms with Crippen molar-refractivity contribution in [1.82, 2.24) is 0 Å². The molecule has 1 heterocycles. The van der Waals surface area contributed by atoms with E-state index in [4.69, 9.17) is 4.74 Å². The number of benzene rings is 2. The first-order valence-corrected chi connectivity index (χ1v) is 7.98. The SMILES string of the molecule is COc1cccc(N2C(=O)S/C(=C\c3cccc([N+](=O)[O-])c3)C2=O)c1. The summed E-state index contributed by atoms with van der Waals surface area (Å²) < 4.78 is 5.11. The van der Waals surface area contributed by atoms with E-state index in [2.05, 4.69) is 0 Å². The number of amides is 2. The van der Waals surface area contributed by atoms with Gasteiger partial charge in [0, 0.05) is 18.2 Å². The number of hydrogen-bond donors (Lipinski definition) is 0. The molecule has 0 unspecified atom stereocenters. The normalized spacial score (nSPS) is 15.7. The maximum Gasteiger partial charge on any atom is 0.298 e. The van der Waals surface area contributed by atoms with Crippen LogP contribution in [0.3, 0.4) is 0 Å². The van der Waals surface area contributed by atoms with Crippen LogP contribution in [0.4, 0.5) is 16.2 Å². The molecule has 2 aromatic rings. The van der Waals surface area contributed by atoms with Crippen molar-refractivity contribution in [2.45, 2.75) is 0 Å². The third-order valence-corrected chi connectivity index (χ3v) is 4.35. The molecule has 0 radical (unpaired) electrons. The molecule has 1 saturated heterocycles. The van der Waals surface area contributed by atoms with Crippen LogP contribution in [-0.2, 0) is 4.79 Å². The lowest BCUT2D eigenvalue weighted by atomic mass is 10.2. The van der Waals surface area contributed by atoms with Gasteiger partial charge in [-0.3, -0.25) is 19.7 Å². The average Bonchev–Trinajstić information content (AvgIpc) is 2.88. The summed E-state index contributed by atoms with van der Waals surface area (Å²) in [6, 6.07) is 12.5. The minimum atomic E-state index is -0.515. The summed E-state index contributed by atoms with van der Waals surface area (Å²) in [7, 11) is 1.50. The molecule has 0 atom stereocenters. The van der Waals surface area contributed by atoms with Gasteiger partial charge in [0.1, 0.15) is 5.75 Å². The second kappa shape index (κ2) is 6.78. The van der Waals surface area contributed by atoms with Crippen molar-refractivity contribution in [2.75, 3.05) is 12.0 Å². The summed E-state index contributed by atoms with van der Waals surface area (Å²) in [6.07, 6.45) is 1.47. The Labute approximate surface area is 147 Å². The number of carbonyl (C=O) groups excluding carboxylic acids is 2. The van der Waals surface area contributed by atoms with E-state index in [1.807, 2.05) is 0 Å². The van der Waals surface area contributed by atoms with Crippen LogP contribution in [0.2, 0.25) is 0 Å². The number of non-ortho nitro benzene ring substituents is 1. The van der Waals surface area contributed by atoms with Gasteiger partial charge in [-0.05, 0) is 35.5 Å². The Bertz CT molecular complexity index is 909. The van der Waals surface area contributed by atoms with Crippen LogP contribution in [0.5, 0.6) is 5.75 Å². The van der Waals surface area contributed by atoms with Gasteiger partial charge in [0.05, 0.1) is 22.6 Å². The largest absolute Gasteiger partial charge is 0.497 e. The summed E-state index contributed by atoms with van der Waals surface area (Å²) in [6.45, 7) is 0. The minimum Gasteiger partial charge on any atom is -0.497 e. The van der Waals surface area contributed by atoms with Crippen molar-refractivity contribution in [3.05, 3.63) is 69.1 Å². The monoisotopic (exact) mass is 356 g/mol. The zero-order valence-corrected chi connectivity index (χ0v) is 13.9. The fourth-order valence-electron chi connectivity index (χ4n) is 2.32. The zero-order chi connectivity index (χ0) is 18.0. The van der Waals surface area contributed by atoms with Crippen LogP contribution in [0, 0.1) is 10.1 Å². The minimum absolute atomic E-state index is 0.0826. The lowest BCUT2D eigenvalue weighted by molar-refractivity contribution is -0.384. The fourth-order valence-corrected chi connectivity index (χ4v) is 3.16. The Kier molecular flexibility index (Phi) is 4.53. The molecule has 126 valence electrons.